The third-order valence-corrected chi connectivity index (χ3v) is 4.20. The molecule has 124 valence electrons. The molecule has 0 bridgehead atoms. The number of hydrogen-bond donors (Lipinski definition) is 0. The number of halogens is 3. The van der Waals surface area contributed by atoms with E-state index in [4.69, 9.17) is 0 Å². The lowest BCUT2D eigenvalue weighted by molar-refractivity contribution is -0.146. The van der Waals surface area contributed by atoms with Crippen molar-refractivity contribution in [1.29, 1.82) is 0 Å². The lowest BCUT2D eigenvalue weighted by Gasteiger charge is -2.20. The smallest absolute Gasteiger partial charge is 0.345 e. The van der Waals surface area contributed by atoms with Crippen molar-refractivity contribution in [2.45, 2.75) is 33.1 Å². The second-order valence-corrected chi connectivity index (χ2v) is 5.68. The molecule has 3 aromatic heterocycles. The number of rotatable bonds is 1. The summed E-state index contributed by atoms with van der Waals surface area (Å²) in [7, 11) is 0. The van der Waals surface area contributed by atoms with Crippen LogP contribution < -0.4 is 4.90 Å². The van der Waals surface area contributed by atoms with E-state index in [0.717, 1.165) is 21.3 Å². The summed E-state index contributed by atoms with van der Waals surface area (Å²) in [5.74, 6) is -0.665. The second-order valence-electron chi connectivity index (χ2n) is 5.68. The van der Waals surface area contributed by atoms with Gasteiger partial charge in [0.25, 0.3) is 5.82 Å². The van der Waals surface area contributed by atoms with Crippen LogP contribution in [0.15, 0.2) is 12.5 Å². The van der Waals surface area contributed by atoms with Gasteiger partial charge in [-0.25, -0.2) is 9.97 Å². The van der Waals surface area contributed by atoms with Crippen LogP contribution in [0.3, 0.4) is 0 Å². The van der Waals surface area contributed by atoms with Gasteiger partial charge >= 0.3 is 6.18 Å². The molecule has 1 aliphatic heterocycles. The van der Waals surface area contributed by atoms with Gasteiger partial charge in [-0.05, 0) is 13.8 Å². The first kappa shape index (κ1) is 14.8. The molecule has 7 nitrogen and oxygen atoms in total. The zero-order chi connectivity index (χ0) is 17.1. The molecule has 0 amide bonds. The molecule has 3 aromatic rings. The second kappa shape index (κ2) is 4.86. The Bertz CT molecular complexity index is 922. The van der Waals surface area contributed by atoms with Gasteiger partial charge in [0.2, 0.25) is 0 Å². The monoisotopic (exact) mass is 335 g/mol. The predicted octanol–water partition coefficient (Wildman–Crippen LogP) is 2.07. The normalized spacial score (nSPS) is 14.5. The summed E-state index contributed by atoms with van der Waals surface area (Å²) >= 11 is 0. The number of alkyl halides is 3. The third-order valence-electron chi connectivity index (χ3n) is 4.20. The summed E-state index contributed by atoms with van der Waals surface area (Å²) in [4.78, 5) is 10.1. The van der Waals surface area contributed by atoms with E-state index in [1.807, 2.05) is 11.8 Å². The molecule has 0 spiro atoms. The molecule has 0 saturated heterocycles. The molecule has 1 aliphatic rings. The van der Waals surface area contributed by atoms with Crippen LogP contribution in [-0.2, 0) is 19.3 Å². The molecule has 0 N–H and O–H groups in total. The van der Waals surface area contributed by atoms with Crippen molar-refractivity contribution < 1.29 is 13.2 Å². The number of fused-ring (bicyclic) bond motifs is 2. The Morgan fingerprint density at radius 2 is 1.88 bits per heavy atom. The summed E-state index contributed by atoms with van der Waals surface area (Å²) in [6, 6.07) is 0. The molecule has 0 atom stereocenters. The molecule has 0 saturated carbocycles. The maximum absolute atomic E-state index is 13.1. The number of aromatic nitrogens is 6. The van der Waals surface area contributed by atoms with Crippen molar-refractivity contribution >= 4 is 11.5 Å². The highest BCUT2D eigenvalue weighted by Gasteiger charge is 2.38. The van der Waals surface area contributed by atoms with Crippen molar-refractivity contribution in [3.8, 4) is 0 Å². The minimum absolute atomic E-state index is 0.111. The van der Waals surface area contributed by atoms with Gasteiger partial charge in [-0.2, -0.15) is 17.7 Å². The maximum atomic E-state index is 13.1. The fourth-order valence-corrected chi connectivity index (χ4v) is 2.84. The number of hydrogen-bond acceptors (Lipinski definition) is 6. The van der Waals surface area contributed by atoms with Crippen molar-refractivity contribution in [2.75, 3.05) is 4.90 Å². The maximum Gasteiger partial charge on any atom is 0.453 e. The van der Waals surface area contributed by atoms with E-state index in [9.17, 15) is 13.2 Å². The Kier molecular flexibility index (Phi) is 2.99. The van der Waals surface area contributed by atoms with E-state index in [-0.39, 0.29) is 5.65 Å². The van der Waals surface area contributed by atoms with Crippen LogP contribution in [0.4, 0.5) is 19.0 Å². The molecular formula is C14H12F3N7. The fraction of sp³-hybridized carbons (Fsp3) is 0.357. The molecule has 0 unspecified atom stereocenters. The Morgan fingerprint density at radius 3 is 2.58 bits per heavy atom. The van der Waals surface area contributed by atoms with Gasteiger partial charge in [-0.15, -0.1) is 15.3 Å². The van der Waals surface area contributed by atoms with Crippen LogP contribution in [0.2, 0.25) is 0 Å². The summed E-state index contributed by atoms with van der Waals surface area (Å²) in [5.41, 5.74) is 3.29. The minimum atomic E-state index is -4.62. The standard InChI is InChI=1S/C14H12F3N7/c1-7-8(2)12(23-4-9-3-18-6-19-10(9)5-23)22-24-11(7)20-21-13(24)14(15,16)17/h3,6H,4-5H2,1-2H3. The van der Waals surface area contributed by atoms with Crippen molar-refractivity contribution in [3.05, 3.63) is 40.7 Å². The lowest BCUT2D eigenvalue weighted by Crippen LogP contribution is -2.21. The lowest BCUT2D eigenvalue weighted by atomic mass is 10.2. The number of anilines is 1. The van der Waals surface area contributed by atoms with Crippen LogP contribution in [0, 0.1) is 13.8 Å². The van der Waals surface area contributed by atoms with Gasteiger partial charge in [-0.1, -0.05) is 0 Å². The van der Waals surface area contributed by atoms with E-state index in [1.165, 1.54) is 6.33 Å². The SMILES string of the molecule is Cc1c(N2Cc3cncnc3C2)nn2c(C(F)(F)F)nnc2c1C. The van der Waals surface area contributed by atoms with E-state index in [0.29, 0.717) is 24.5 Å². The van der Waals surface area contributed by atoms with Crippen LogP contribution in [-0.4, -0.2) is 29.8 Å². The molecule has 4 heterocycles. The first-order valence-electron chi connectivity index (χ1n) is 7.19. The van der Waals surface area contributed by atoms with E-state index in [1.54, 1.807) is 13.1 Å². The summed E-state index contributed by atoms with van der Waals surface area (Å²) < 4.78 is 40.1. The fourth-order valence-electron chi connectivity index (χ4n) is 2.84. The first-order valence-corrected chi connectivity index (χ1v) is 7.19. The third kappa shape index (κ3) is 2.09. The van der Waals surface area contributed by atoms with Crippen molar-refractivity contribution in [2.24, 2.45) is 0 Å². The summed E-state index contributed by atoms with van der Waals surface area (Å²) in [6.07, 6.45) is -1.45. The molecule has 0 fully saturated rings. The van der Waals surface area contributed by atoms with Crippen molar-refractivity contribution in [3.63, 3.8) is 0 Å². The van der Waals surface area contributed by atoms with E-state index < -0.39 is 12.0 Å². The summed E-state index contributed by atoms with van der Waals surface area (Å²) in [6.45, 7) is 4.50. The number of aryl methyl sites for hydroxylation is 1. The highest BCUT2D eigenvalue weighted by molar-refractivity contribution is 5.60. The van der Waals surface area contributed by atoms with E-state index in [2.05, 4.69) is 25.3 Å². The van der Waals surface area contributed by atoms with Gasteiger partial charge in [-0.3, -0.25) is 0 Å². The molecule has 0 radical (unpaired) electrons. The van der Waals surface area contributed by atoms with Gasteiger partial charge in [0.15, 0.2) is 11.5 Å². The van der Waals surface area contributed by atoms with Crippen molar-refractivity contribution in [1.82, 2.24) is 29.8 Å². The van der Waals surface area contributed by atoms with Crippen LogP contribution in [0.5, 0.6) is 0 Å². The predicted molar refractivity (Wildman–Crippen MR) is 77.2 cm³/mol. The molecule has 4 rings (SSSR count). The van der Waals surface area contributed by atoms with Crippen LogP contribution in [0.1, 0.15) is 28.2 Å². The molecule has 0 aromatic carbocycles. The zero-order valence-electron chi connectivity index (χ0n) is 12.8. The number of nitrogens with zero attached hydrogens (tertiary/aromatic N) is 7. The topological polar surface area (TPSA) is 72.1 Å². The largest absolute Gasteiger partial charge is 0.453 e. The van der Waals surface area contributed by atoms with Crippen LogP contribution in [0.25, 0.3) is 5.65 Å². The van der Waals surface area contributed by atoms with E-state index >= 15 is 0 Å². The molecule has 10 heteroatoms. The Morgan fingerprint density at radius 1 is 1.08 bits per heavy atom. The Hall–Kier alpha value is -2.78. The highest BCUT2D eigenvalue weighted by atomic mass is 19.4. The average Bonchev–Trinajstić information content (AvgIpc) is 3.13. The van der Waals surface area contributed by atoms with Crippen LogP contribution >= 0.6 is 0 Å². The summed E-state index contributed by atoms with van der Waals surface area (Å²) in [5, 5.41) is 11.1. The quantitative estimate of drug-likeness (QED) is 0.678. The van der Waals surface area contributed by atoms with Gasteiger partial charge in [0.05, 0.1) is 12.2 Å². The Balaban J connectivity index is 1.86. The molecule has 24 heavy (non-hydrogen) atoms. The van der Waals surface area contributed by atoms with Gasteiger partial charge < -0.3 is 4.90 Å². The molecular weight excluding hydrogens is 323 g/mol. The Labute approximate surface area is 134 Å². The highest BCUT2D eigenvalue weighted by Crippen LogP contribution is 2.32. The van der Waals surface area contributed by atoms with Gasteiger partial charge in [0.1, 0.15) is 6.33 Å². The first-order chi connectivity index (χ1) is 11.4. The minimum Gasteiger partial charge on any atom is -0.345 e. The average molecular weight is 335 g/mol. The molecule has 0 aliphatic carbocycles. The van der Waals surface area contributed by atoms with Gasteiger partial charge in [0, 0.05) is 29.4 Å². The zero-order valence-corrected chi connectivity index (χ0v) is 12.8.